The summed E-state index contributed by atoms with van der Waals surface area (Å²) in [5.74, 6) is 2.69. The first-order valence-electron chi connectivity index (χ1n) is 10.7. The van der Waals surface area contributed by atoms with Gasteiger partial charge in [-0.3, -0.25) is 0 Å². The molecule has 0 unspecified atom stereocenters. The number of hydrogen-bond acceptors (Lipinski definition) is 2. The molecule has 2 heteroatoms. The fraction of sp³-hybridized carbons (Fsp3) is 0.520. The van der Waals surface area contributed by atoms with Gasteiger partial charge in [0, 0.05) is 12.6 Å². The van der Waals surface area contributed by atoms with Crippen LogP contribution in [0.25, 0.3) is 0 Å². The fourth-order valence-electron chi connectivity index (χ4n) is 5.87. The highest BCUT2D eigenvalue weighted by atomic mass is 16.5. The molecule has 4 atom stereocenters. The quantitative estimate of drug-likeness (QED) is 0.708. The minimum atomic E-state index is 0.385. The van der Waals surface area contributed by atoms with Gasteiger partial charge in [-0.15, -0.1) is 0 Å². The van der Waals surface area contributed by atoms with Gasteiger partial charge in [0.05, 0.1) is 7.11 Å². The summed E-state index contributed by atoms with van der Waals surface area (Å²) < 4.78 is 5.51. The van der Waals surface area contributed by atoms with Gasteiger partial charge in [0.1, 0.15) is 5.75 Å². The van der Waals surface area contributed by atoms with Crippen molar-refractivity contribution < 1.29 is 4.74 Å². The highest BCUT2D eigenvalue weighted by molar-refractivity contribution is 5.35. The topological polar surface area (TPSA) is 12.5 Å². The Morgan fingerprint density at radius 1 is 1.07 bits per heavy atom. The van der Waals surface area contributed by atoms with Crippen LogP contribution in [0.15, 0.2) is 54.6 Å². The van der Waals surface area contributed by atoms with E-state index in [2.05, 4.69) is 59.5 Å². The van der Waals surface area contributed by atoms with Crippen LogP contribution in [0.1, 0.15) is 55.6 Å². The van der Waals surface area contributed by atoms with E-state index in [1.165, 1.54) is 57.2 Å². The summed E-state index contributed by atoms with van der Waals surface area (Å²) in [4.78, 5) is 2.84. The Kier molecular flexibility index (Phi) is 4.47. The largest absolute Gasteiger partial charge is 0.497 e. The summed E-state index contributed by atoms with van der Waals surface area (Å²) in [5.41, 5.74) is 3.45. The normalized spacial score (nSPS) is 32.9. The molecule has 0 radical (unpaired) electrons. The second-order valence-electron chi connectivity index (χ2n) is 9.02. The average molecular weight is 362 g/mol. The monoisotopic (exact) mass is 361 g/mol. The Hall–Kier alpha value is -1.80. The molecule has 142 valence electrons. The molecule has 0 aromatic heterocycles. The van der Waals surface area contributed by atoms with E-state index < -0.39 is 0 Å². The molecule has 1 aliphatic heterocycles. The summed E-state index contributed by atoms with van der Waals surface area (Å²) in [6.07, 6.45) is 8.12. The molecule has 2 aromatic carbocycles. The van der Waals surface area contributed by atoms with Gasteiger partial charge >= 0.3 is 0 Å². The van der Waals surface area contributed by atoms with Crippen molar-refractivity contribution in [1.29, 1.82) is 0 Å². The zero-order chi connectivity index (χ0) is 18.3. The van der Waals surface area contributed by atoms with Gasteiger partial charge in [-0.2, -0.15) is 0 Å². The molecule has 0 spiro atoms. The number of likely N-dealkylation sites (tertiary alicyclic amines) is 1. The maximum Gasteiger partial charge on any atom is 0.119 e. The van der Waals surface area contributed by atoms with Crippen LogP contribution in [0.2, 0.25) is 0 Å². The van der Waals surface area contributed by atoms with Crippen LogP contribution < -0.4 is 4.74 Å². The highest BCUT2D eigenvalue weighted by Crippen LogP contribution is 2.51. The van der Waals surface area contributed by atoms with E-state index in [9.17, 15) is 0 Å². The fourth-order valence-corrected chi connectivity index (χ4v) is 5.87. The van der Waals surface area contributed by atoms with Crippen molar-refractivity contribution in [1.82, 2.24) is 4.90 Å². The van der Waals surface area contributed by atoms with Crippen molar-refractivity contribution in [3.8, 4) is 5.75 Å². The second-order valence-corrected chi connectivity index (χ2v) is 9.02. The van der Waals surface area contributed by atoms with E-state index in [1.807, 2.05) is 0 Å². The van der Waals surface area contributed by atoms with Gasteiger partial charge in [-0.25, -0.2) is 0 Å². The number of ether oxygens (including phenoxy) is 1. The van der Waals surface area contributed by atoms with Crippen LogP contribution in [0, 0.1) is 5.92 Å². The molecule has 27 heavy (non-hydrogen) atoms. The number of rotatable bonds is 5. The van der Waals surface area contributed by atoms with E-state index in [0.717, 1.165) is 23.6 Å². The summed E-state index contributed by atoms with van der Waals surface area (Å²) >= 11 is 0. The van der Waals surface area contributed by atoms with Crippen LogP contribution in [0.4, 0.5) is 0 Å². The molecule has 2 aliphatic carbocycles. The molecule has 5 rings (SSSR count). The molecule has 3 fully saturated rings. The van der Waals surface area contributed by atoms with Crippen molar-refractivity contribution in [2.75, 3.05) is 20.2 Å². The van der Waals surface area contributed by atoms with Crippen molar-refractivity contribution in [3.63, 3.8) is 0 Å². The Bertz CT molecular complexity index is 788. The molecular formula is C25H31NO. The molecule has 1 saturated heterocycles. The van der Waals surface area contributed by atoms with Crippen LogP contribution in [-0.2, 0) is 5.41 Å². The third kappa shape index (κ3) is 3.29. The lowest BCUT2D eigenvalue weighted by molar-refractivity contribution is 0.0478. The molecular weight excluding hydrogens is 330 g/mol. The van der Waals surface area contributed by atoms with Crippen LogP contribution in [-0.4, -0.2) is 31.1 Å². The van der Waals surface area contributed by atoms with Gasteiger partial charge in [-0.1, -0.05) is 48.9 Å². The van der Waals surface area contributed by atoms with E-state index >= 15 is 0 Å². The molecule has 0 N–H and O–H groups in total. The number of piperidine rings is 1. The van der Waals surface area contributed by atoms with Crippen molar-refractivity contribution in [2.24, 2.45) is 5.92 Å². The van der Waals surface area contributed by atoms with Crippen molar-refractivity contribution in [2.45, 2.75) is 55.9 Å². The summed E-state index contributed by atoms with van der Waals surface area (Å²) in [5, 5.41) is 0. The summed E-state index contributed by atoms with van der Waals surface area (Å²) in [6.45, 7) is 2.57. The summed E-state index contributed by atoms with van der Waals surface area (Å²) in [7, 11) is 1.78. The summed E-state index contributed by atoms with van der Waals surface area (Å²) in [6, 6.07) is 20.8. The third-order valence-electron chi connectivity index (χ3n) is 7.51. The molecule has 1 heterocycles. The third-order valence-corrected chi connectivity index (χ3v) is 7.51. The Morgan fingerprint density at radius 2 is 1.96 bits per heavy atom. The number of hydrogen-bond donors (Lipinski definition) is 0. The van der Waals surface area contributed by atoms with Crippen LogP contribution in [0.5, 0.6) is 5.75 Å². The van der Waals surface area contributed by atoms with Gasteiger partial charge in [0.25, 0.3) is 0 Å². The lowest BCUT2D eigenvalue weighted by Crippen LogP contribution is -2.52. The second kappa shape index (κ2) is 6.98. The number of fused-ring (bicyclic) bond motifs is 2. The van der Waals surface area contributed by atoms with E-state index in [0.29, 0.717) is 5.41 Å². The average Bonchev–Trinajstić information content (AvgIpc) is 3.50. The Balaban J connectivity index is 1.27. The van der Waals surface area contributed by atoms with Gasteiger partial charge in [0.15, 0.2) is 0 Å². The van der Waals surface area contributed by atoms with Gasteiger partial charge < -0.3 is 9.64 Å². The van der Waals surface area contributed by atoms with Crippen molar-refractivity contribution >= 4 is 0 Å². The van der Waals surface area contributed by atoms with Crippen LogP contribution in [0.3, 0.4) is 0 Å². The number of nitrogens with zero attached hydrogens (tertiary/aromatic N) is 1. The molecule has 2 saturated carbocycles. The van der Waals surface area contributed by atoms with E-state index in [-0.39, 0.29) is 0 Å². The zero-order valence-electron chi connectivity index (χ0n) is 16.4. The lowest BCUT2D eigenvalue weighted by atomic mass is 9.63. The Morgan fingerprint density at radius 3 is 2.81 bits per heavy atom. The minimum Gasteiger partial charge on any atom is -0.497 e. The minimum absolute atomic E-state index is 0.385. The predicted molar refractivity (Wildman–Crippen MR) is 110 cm³/mol. The Labute approximate surface area is 163 Å². The first kappa shape index (κ1) is 17.3. The number of methoxy groups -OCH3 is 1. The molecule has 0 amide bonds. The van der Waals surface area contributed by atoms with Gasteiger partial charge in [-0.05, 0) is 79.2 Å². The van der Waals surface area contributed by atoms with Crippen molar-refractivity contribution in [3.05, 3.63) is 65.7 Å². The van der Waals surface area contributed by atoms with Crippen LogP contribution >= 0.6 is 0 Å². The molecule has 2 bridgehead atoms. The number of benzene rings is 2. The predicted octanol–water partition coefficient (Wildman–Crippen LogP) is 5.39. The SMILES string of the molecule is COc1cccc([C@@]23CCC[C@@H](C2)N(C[C@@H]2C[C@H]2c2ccccc2)CC3)c1. The first-order valence-corrected chi connectivity index (χ1v) is 10.7. The highest BCUT2D eigenvalue weighted by Gasteiger charge is 2.46. The standard InChI is InChI=1S/C25H31NO/c1-27-23-11-5-9-21(16-23)25-12-6-10-22(17-25)26(14-13-25)18-20-15-24(20)19-7-3-2-4-8-19/h2-5,7-9,11,16,20,22,24H,6,10,12-15,17-18H2,1H3/t20-,22-,24-,25+/m0/s1. The molecule has 2 aromatic rings. The van der Waals surface area contributed by atoms with E-state index in [1.54, 1.807) is 12.7 Å². The smallest absolute Gasteiger partial charge is 0.119 e. The van der Waals surface area contributed by atoms with E-state index in [4.69, 9.17) is 4.74 Å². The van der Waals surface area contributed by atoms with Gasteiger partial charge in [0.2, 0.25) is 0 Å². The molecule has 3 aliphatic rings. The lowest BCUT2D eigenvalue weighted by Gasteiger charge is -2.51. The zero-order valence-corrected chi connectivity index (χ0v) is 16.4. The maximum atomic E-state index is 5.51. The molecule has 2 nitrogen and oxygen atoms in total. The maximum absolute atomic E-state index is 5.51. The first-order chi connectivity index (χ1) is 13.3.